The van der Waals surface area contributed by atoms with E-state index in [9.17, 15) is 5.11 Å². The highest BCUT2D eigenvalue weighted by Gasteiger charge is 2.22. The maximum Gasteiger partial charge on any atom is 0.213 e. The van der Waals surface area contributed by atoms with Crippen LogP contribution in [0.3, 0.4) is 0 Å². The van der Waals surface area contributed by atoms with Crippen LogP contribution in [0.4, 0.5) is 0 Å². The minimum absolute atomic E-state index is 0.421. The highest BCUT2D eigenvalue weighted by Crippen LogP contribution is 2.42. The molecule has 1 aromatic heterocycles. The van der Waals surface area contributed by atoms with Gasteiger partial charge in [-0.25, -0.2) is 4.98 Å². The van der Waals surface area contributed by atoms with Gasteiger partial charge in [-0.05, 0) is 48.1 Å². The van der Waals surface area contributed by atoms with Crippen LogP contribution in [0, 0.1) is 6.92 Å². The fourth-order valence-corrected chi connectivity index (χ4v) is 2.54. The number of phenolic OH excluding ortho intramolecular Hbond substituents is 1. The summed E-state index contributed by atoms with van der Waals surface area (Å²) >= 11 is 0. The summed E-state index contributed by atoms with van der Waals surface area (Å²) in [6, 6.07) is 5.92. The average molecular weight is 241 g/mol. The molecule has 1 heterocycles. The maximum atomic E-state index is 10.4. The second kappa shape index (κ2) is 4.02. The highest BCUT2D eigenvalue weighted by atomic mass is 16.5. The molecule has 0 atom stereocenters. The minimum atomic E-state index is 0.421. The maximum absolute atomic E-state index is 10.4. The number of fused-ring (bicyclic) bond motifs is 1. The summed E-state index contributed by atoms with van der Waals surface area (Å²) in [4.78, 5) is 4.09. The van der Waals surface area contributed by atoms with E-state index in [1.165, 1.54) is 5.56 Å². The van der Waals surface area contributed by atoms with Gasteiger partial charge in [-0.3, -0.25) is 0 Å². The summed E-state index contributed by atoms with van der Waals surface area (Å²) in [7, 11) is 1.59. The van der Waals surface area contributed by atoms with Gasteiger partial charge in [0.2, 0.25) is 5.88 Å². The summed E-state index contributed by atoms with van der Waals surface area (Å²) in [6.45, 7) is 2.03. The van der Waals surface area contributed by atoms with Gasteiger partial charge in [-0.1, -0.05) is 6.07 Å². The van der Waals surface area contributed by atoms with Crippen molar-refractivity contribution in [3.63, 3.8) is 0 Å². The largest absolute Gasteiger partial charge is 0.507 e. The molecule has 0 saturated heterocycles. The molecule has 2 aromatic rings. The van der Waals surface area contributed by atoms with Gasteiger partial charge < -0.3 is 9.84 Å². The van der Waals surface area contributed by atoms with Gasteiger partial charge in [0.15, 0.2) is 0 Å². The first kappa shape index (κ1) is 11.1. The normalized spacial score (nSPS) is 12.8. The monoisotopic (exact) mass is 241 g/mol. The molecule has 18 heavy (non-hydrogen) atoms. The minimum Gasteiger partial charge on any atom is -0.507 e. The molecule has 1 aliphatic rings. The molecule has 0 fully saturated rings. The lowest BCUT2D eigenvalue weighted by molar-refractivity contribution is 0.398. The van der Waals surface area contributed by atoms with Crippen molar-refractivity contribution in [3.05, 3.63) is 41.1 Å². The number of phenols is 1. The second-order valence-corrected chi connectivity index (χ2v) is 4.64. The Bertz CT molecular complexity index is 620. The van der Waals surface area contributed by atoms with Crippen LogP contribution in [0.1, 0.15) is 16.7 Å². The van der Waals surface area contributed by atoms with E-state index in [1.807, 2.05) is 19.1 Å². The number of ether oxygens (including phenoxy) is 1. The standard InChI is InChI=1S/C15H15NO2/c1-9-7-10-3-4-12(10)15(17)14(9)11-5-6-16-13(8-11)18-2/h5-8,17H,3-4H2,1-2H3. The van der Waals surface area contributed by atoms with E-state index in [2.05, 4.69) is 11.1 Å². The van der Waals surface area contributed by atoms with Crippen LogP contribution in [0.25, 0.3) is 11.1 Å². The topological polar surface area (TPSA) is 42.4 Å². The Kier molecular flexibility index (Phi) is 2.47. The number of hydrogen-bond donors (Lipinski definition) is 1. The molecule has 92 valence electrons. The summed E-state index contributed by atoms with van der Waals surface area (Å²) in [5.74, 6) is 0.985. The van der Waals surface area contributed by atoms with Gasteiger partial charge in [-0.15, -0.1) is 0 Å². The summed E-state index contributed by atoms with van der Waals surface area (Å²) in [5, 5.41) is 10.4. The number of pyridine rings is 1. The number of benzene rings is 1. The Morgan fingerprint density at radius 1 is 1.28 bits per heavy atom. The molecular weight excluding hydrogens is 226 g/mol. The molecular formula is C15H15NO2. The summed E-state index contributed by atoms with van der Waals surface area (Å²) < 4.78 is 5.13. The van der Waals surface area contributed by atoms with Crippen molar-refractivity contribution in [1.82, 2.24) is 4.98 Å². The molecule has 3 rings (SSSR count). The average Bonchev–Trinajstić information content (AvgIpc) is 2.34. The molecule has 0 bridgehead atoms. The highest BCUT2D eigenvalue weighted by molar-refractivity contribution is 5.77. The predicted molar refractivity (Wildman–Crippen MR) is 70.0 cm³/mol. The van der Waals surface area contributed by atoms with Crippen LogP contribution in [0.15, 0.2) is 24.4 Å². The zero-order chi connectivity index (χ0) is 12.7. The van der Waals surface area contributed by atoms with Crippen molar-refractivity contribution >= 4 is 0 Å². The molecule has 1 aromatic carbocycles. The predicted octanol–water partition coefficient (Wildman–Crippen LogP) is 2.87. The van der Waals surface area contributed by atoms with Crippen LogP contribution in [-0.2, 0) is 12.8 Å². The van der Waals surface area contributed by atoms with Gasteiger partial charge in [0.05, 0.1) is 7.11 Å². The van der Waals surface area contributed by atoms with E-state index in [4.69, 9.17) is 4.74 Å². The molecule has 0 saturated carbocycles. The molecule has 0 unspecified atom stereocenters. The summed E-state index contributed by atoms with van der Waals surface area (Å²) in [5.41, 5.74) is 5.31. The molecule has 0 radical (unpaired) electrons. The Hall–Kier alpha value is -2.03. The SMILES string of the molecule is COc1cc(-c2c(C)cc3c(c2O)CC3)ccn1. The van der Waals surface area contributed by atoms with Crippen molar-refractivity contribution in [2.24, 2.45) is 0 Å². The van der Waals surface area contributed by atoms with Crippen molar-refractivity contribution in [2.45, 2.75) is 19.8 Å². The van der Waals surface area contributed by atoms with Crippen LogP contribution >= 0.6 is 0 Å². The third kappa shape index (κ3) is 1.55. The Morgan fingerprint density at radius 2 is 2.11 bits per heavy atom. The number of rotatable bonds is 2. The first-order valence-electron chi connectivity index (χ1n) is 6.05. The fraction of sp³-hybridized carbons (Fsp3) is 0.267. The first-order chi connectivity index (χ1) is 8.70. The lowest BCUT2D eigenvalue weighted by atomic mass is 9.82. The molecule has 1 N–H and O–H groups in total. The Morgan fingerprint density at radius 3 is 2.78 bits per heavy atom. The molecule has 1 aliphatic carbocycles. The molecule has 0 amide bonds. The van der Waals surface area contributed by atoms with E-state index in [0.29, 0.717) is 11.6 Å². The van der Waals surface area contributed by atoms with Gasteiger partial charge in [0.25, 0.3) is 0 Å². The smallest absolute Gasteiger partial charge is 0.213 e. The molecule has 3 nitrogen and oxygen atoms in total. The van der Waals surface area contributed by atoms with Crippen LogP contribution in [-0.4, -0.2) is 17.2 Å². The van der Waals surface area contributed by atoms with Gasteiger partial charge in [0.1, 0.15) is 5.75 Å². The number of hydrogen-bond acceptors (Lipinski definition) is 3. The Labute approximate surface area is 106 Å². The van der Waals surface area contributed by atoms with Gasteiger partial charge in [-0.2, -0.15) is 0 Å². The zero-order valence-corrected chi connectivity index (χ0v) is 10.5. The van der Waals surface area contributed by atoms with Crippen LogP contribution in [0.5, 0.6) is 11.6 Å². The van der Waals surface area contributed by atoms with Crippen molar-refractivity contribution in [2.75, 3.05) is 7.11 Å². The molecule has 3 heteroatoms. The van der Waals surface area contributed by atoms with E-state index >= 15 is 0 Å². The number of aryl methyl sites for hydroxylation is 2. The van der Waals surface area contributed by atoms with Crippen molar-refractivity contribution in [1.29, 1.82) is 0 Å². The zero-order valence-electron chi connectivity index (χ0n) is 10.5. The lowest BCUT2D eigenvalue weighted by Gasteiger charge is -2.24. The van der Waals surface area contributed by atoms with Gasteiger partial charge in [0, 0.05) is 17.8 Å². The number of aromatic hydroxyl groups is 1. The van der Waals surface area contributed by atoms with Crippen molar-refractivity contribution < 1.29 is 9.84 Å². The third-order valence-electron chi connectivity index (χ3n) is 3.57. The van der Waals surface area contributed by atoms with E-state index < -0.39 is 0 Å². The molecule has 0 spiro atoms. The van der Waals surface area contributed by atoms with Gasteiger partial charge >= 0.3 is 0 Å². The van der Waals surface area contributed by atoms with E-state index in [1.54, 1.807) is 13.3 Å². The fourth-order valence-electron chi connectivity index (χ4n) is 2.54. The quantitative estimate of drug-likeness (QED) is 0.879. The number of nitrogens with zero attached hydrogens (tertiary/aromatic N) is 1. The van der Waals surface area contributed by atoms with E-state index in [-0.39, 0.29) is 0 Å². The third-order valence-corrected chi connectivity index (χ3v) is 3.57. The van der Waals surface area contributed by atoms with Crippen LogP contribution in [0.2, 0.25) is 0 Å². The number of methoxy groups -OCH3 is 1. The lowest BCUT2D eigenvalue weighted by Crippen LogP contribution is -2.09. The Balaban J connectivity index is 2.19. The summed E-state index contributed by atoms with van der Waals surface area (Å²) in [6.07, 6.45) is 3.74. The number of aromatic nitrogens is 1. The van der Waals surface area contributed by atoms with E-state index in [0.717, 1.165) is 35.1 Å². The second-order valence-electron chi connectivity index (χ2n) is 4.64. The molecule has 0 aliphatic heterocycles. The van der Waals surface area contributed by atoms with Crippen LogP contribution < -0.4 is 4.74 Å². The first-order valence-corrected chi connectivity index (χ1v) is 6.05. The van der Waals surface area contributed by atoms with Crippen molar-refractivity contribution in [3.8, 4) is 22.8 Å².